The SMILES string of the molecule is COc1ccc(-c2ccc(O)c(C(=O)N[C@@H](Cc3ccc(-c4ccccc4)cc3)C(=O)C(C)O)c2)cc1O. The highest BCUT2D eigenvalue weighted by Crippen LogP contribution is 2.33. The van der Waals surface area contributed by atoms with E-state index >= 15 is 0 Å². The van der Waals surface area contributed by atoms with E-state index in [1.54, 1.807) is 18.2 Å². The van der Waals surface area contributed by atoms with Crippen LogP contribution in [-0.2, 0) is 11.2 Å². The van der Waals surface area contributed by atoms with Gasteiger partial charge in [0, 0.05) is 0 Å². The molecule has 0 radical (unpaired) electrons. The molecule has 0 fully saturated rings. The smallest absolute Gasteiger partial charge is 0.255 e. The van der Waals surface area contributed by atoms with Crippen LogP contribution in [0, 0.1) is 0 Å². The van der Waals surface area contributed by atoms with Gasteiger partial charge in [-0.15, -0.1) is 0 Å². The second-order valence-electron chi connectivity index (χ2n) is 8.99. The largest absolute Gasteiger partial charge is 0.507 e. The average molecular weight is 512 g/mol. The maximum atomic E-state index is 13.2. The van der Waals surface area contributed by atoms with Crippen LogP contribution in [0.4, 0.5) is 0 Å². The molecule has 0 spiro atoms. The fourth-order valence-electron chi connectivity index (χ4n) is 4.22. The number of nitrogens with one attached hydrogen (secondary N) is 1. The molecule has 1 amide bonds. The number of aliphatic hydroxyl groups is 1. The normalized spacial score (nSPS) is 12.4. The molecule has 7 heteroatoms. The Balaban J connectivity index is 1.56. The highest BCUT2D eigenvalue weighted by molar-refractivity contribution is 6.01. The van der Waals surface area contributed by atoms with Gasteiger partial charge in [-0.3, -0.25) is 9.59 Å². The first-order valence-corrected chi connectivity index (χ1v) is 12.1. The van der Waals surface area contributed by atoms with E-state index in [0.29, 0.717) is 16.9 Å². The van der Waals surface area contributed by atoms with Crippen LogP contribution in [0.15, 0.2) is 91.0 Å². The van der Waals surface area contributed by atoms with Crippen molar-refractivity contribution in [3.8, 4) is 39.5 Å². The molecule has 4 rings (SSSR count). The van der Waals surface area contributed by atoms with Crippen LogP contribution in [0.5, 0.6) is 17.2 Å². The molecule has 0 heterocycles. The molecule has 0 aliphatic rings. The maximum absolute atomic E-state index is 13.2. The van der Waals surface area contributed by atoms with E-state index in [1.165, 1.54) is 32.2 Å². The summed E-state index contributed by atoms with van der Waals surface area (Å²) in [5.41, 5.74) is 4.01. The molecule has 4 aromatic carbocycles. The topological polar surface area (TPSA) is 116 Å². The molecular weight excluding hydrogens is 482 g/mol. The number of phenols is 2. The number of hydrogen-bond acceptors (Lipinski definition) is 6. The van der Waals surface area contributed by atoms with Gasteiger partial charge in [0.15, 0.2) is 17.3 Å². The fraction of sp³-hybridized carbons (Fsp3) is 0.161. The molecule has 4 N–H and O–H groups in total. The summed E-state index contributed by atoms with van der Waals surface area (Å²) in [6, 6.07) is 25.8. The van der Waals surface area contributed by atoms with Gasteiger partial charge in [0.25, 0.3) is 5.91 Å². The molecule has 0 aliphatic heterocycles. The van der Waals surface area contributed by atoms with Crippen molar-refractivity contribution in [3.63, 3.8) is 0 Å². The van der Waals surface area contributed by atoms with E-state index in [2.05, 4.69) is 5.32 Å². The van der Waals surface area contributed by atoms with Gasteiger partial charge >= 0.3 is 0 Å². The van der Waals surface area contributed by atoms with Crippen molar-refractivity contribution in [2.45, 2.75) is 25.5 Å². The number of hydrogen-bond donors (Lipinski definition) is 4. The molecule has 0 aromatic heterocycles. The Morgan fingerprint density at radius 1 is 0.789 bits per heavy atom. The minimum atomic E-state index is -1.29. The summed E-state index contributed by atoms with van der Waals surface area (Å²) in [5, 5.41) is 33.2. The quantitative estimate of drug-likeness (QED) is 0.258. The lowest BCUT2D eigenvalue weighted by molar-refractivity contribution is -0.128. The number of ether oxygens (including phenoxy) is 1. The number of ketones is 1. The third-order valence-electron chi connectivity index (χ3n) is 6.31. The van der Waals surface area contributed by atoms with Gasteiger partial charge in [-0.1, -0.05) is 66.7 Å². The Morgan fingerprint density at radius 3 is 2.03 bits per heavy atom. The average Bonchev–Trinajstić information content (AvgIpc) is 2.93. The van der Waals surface area contributed by atoms with Crippen LogP contribution in [0.1, 0.15) is 22.8 Å². The lowest BCUT2D eigenvalue weighted by atomic mass is 9.96. The zero-order valence-corrected chi connectivity index (χ0v) is 21.1. The van der Waals surface area contributed by atoms with Gasteiger partial charge in [-0.25, -0.2) is 0 Å². The summed E-state index contributed by atoms with van der Waals surface area (Å²) >= 11 is 0. The first-order chi connectivity index (χ1) is 18.3. The van der Waals surface area contributed by atoms with Gasteiger partial charge in [-0.2, -0.15) is 0 Å². The van der Waals surface area contributed by atoms with Gasteiger partial charge in [-0.05, 0) is 65.4 Å². The molecule has 0 saturated heterocycles. The Labute approximate surface area is 221 Å². The fourth-order valence-corrected chi connectivity index (χ4v) is 4.22. The standard InChI is InChI=1S/C31H29NO6/c1-19(33)30(36)26(16-20-8-10-22(11-9-20)21-6-4-3-5-7-21)32-31(37)25-17-23(12-14-27(25)34)24-13-15-29(38-2)28(35)18-24/h3-15,17-19,26,33-35H,16H2,1-2H3,(H,32,37)/t19?,26-/m0/s1. The van der Waals surface area contributed by atoms with Crippen LogP contribution >= 0.6 is 0 Å². The van der Waals surface area contributed by atoms with Crippen LogP contribution in [-0.4, -0.2) is 46.3 Å². The van der Waals surface area contributed by atoms with Crippen molar-refractivity contribution >= 4 is 11.7 Å². The first kappa shape index (κ1) is 26.4. The van der Waals surface area contributed by atoms with Crippen molar-refractivity contribution < 1.29 is 29.6 Å². The lowest BCUT2D eigenvalue weighted by Gasteiger charge is -2.20. The third kappa shape index (κ3) is 6.02. The van der Waals surface area contributed by atoms with Crippen LogP contribution < -0.4 is 10.1 Å². The number of phenolic OH excluding ortho intramolecular Hbond substituents is 2. The predicted molar refractivity (Wildman–Crippen MR) is 145 cm³/mol. The number of aliphatic hydroxyl groups excluding tert-OH is 1. The summed E-state index contributed by atoms with van der Waals surface area (Å²) in [6.07, 6.45) is -1.12. The minimum Gasteiger partial charge on any atom is -0.507 e. The number of benzene rings is 4. The highest BCUT2D eigenvalue weighted by atomic mass is 16.5. The summed E-state index contributed by atoms with van der Waals surface area (Å²) in [4.78, 5) is 26.0. The van der Waals surface area contributed by atoms with Crippen LogP contribution in [0.2, 0.25) is 0 Å². The van der Waals surface area contributed by atoms with Gasteiger partial charge < -0.3 is 25.4 Å². The van der Waals surface area contributed by atoms with E-state index in [9.17, 15) is 24.9 Å². The molecule has 7 nitrogen and oxygen atoms in total. The Bertz CT molecular complexity index is 1430. The molecular formula is C31H29NO6. The zero-order chi connectivity index (χ0) is 27.2. The summed E-state index contributed by atoms with van der Waals surface area (Å²) in [5.74, 6) is -1.23. The number of carbonyl (C=O) groups is 2. The van der Waals surface area contributed by atoms with Crippen LogP contribution in [0.3, 0.4) is 0 Å². The van der Waals surface area contributed by atoms with Crippen molar-refractivity contribution in [2.24, 2.45) is 0 Å². The van der Waals surface area contributed by atoms with Crippen LogP contribution in [0.25, 0.3) is 22.3 Å². The lowest BCUT2D eigenvalue weighted by Crippen LogP contribution is -2.46. The van der Waals surface area contributed by atoms with Crippen molar-refractivity contribution in [1.82, 2.24) is 5.32 Å². The number of Topliss-reactive ketones (excluding diaryl/α,β-unsaturated/α-hetero) is 1. The number of methoxy groups -OCH3 is 1. The van der Waals surface area contributed by atoms with Crippen molar-refractivity contribution in [3.05, 3.63) is 102 Å². The van der Waals surface area contributed by atoms with Gasteiger partial charge in [0.2, 0.25) is 0 Å². The van der Waals surface area contributed by atoms with Crippen molar-refractivity contribution in [2.75, 3.05) is 7.11 Å². The highest BCUT2D eigenvalue weighted by Gasteiger charge is 2.26. The Morgan fingerprint density at radius 2 is 1.39 bits per heavy atom. The second-order valence-corrected chi connectivity index (χ2v) is 8.99. The Kier molecular flexibility index (Phi) is 8.09. The zero-order valence-electron chi connectivity index (χ0n) is 21.1. The number of amides is 1. The third-order valence-corrected chi connectivity index (χ3v) is 6.31. The van der Waals surface area contributed by atoms with E-state index in [0.717, 1.165) is 16.7 Å². The first-order valence-electron chi connectivity index (χ1n) is 12.1. The number of carbonyl (C=O) groups excluding carboxylic acids is 2. The molecule has 0 bridgehead atoms. The van der Waals surface area contributed by atoms with E-state index in [4.69, 9.17) is 4.74 Å². The van der Waals surface area contributed by atoms with E-state index in [-0.39, 0.29) is 23.5 Å². The molecule has 1 unspecified atom stereocenters. The monoisotopic (exact) mass is 511 g/mol. The van der Waals surface area contributed by atoms with Gasteiger partial charge in [0.1, 0.15) is 11.9 Å². The maximum Gasteiger partial charge on any atom is 0.255 e. The molecule has 194 valence electrons. The number of rotatable bonds is 9. The van der Waals surface area contributed by atoms with Gasteiger partial charge in [0.05, 0.1) is 18.7 Å². The molecule has 2 atom stereocenters. The van der Waals surface area contributed by atoms with E-state index in [1.807, 2.05) is 54.6 Å². The van der Waals surface area contributed by atoms with E-state index < -0.39 is 23.8 Å². The summed E-state index contributed by atoms with van der Waals surface area (Å²) in [6.45, 7) is 1.36. The molecule has 4 aromatic rings. The Hall–Kier alpha value is -4.62. The second kappa shape index (κ2) is 11.6. The molecule has 38 heavy (non-hydrogen) atoms. The predicted octanol–water partition coefficient (Wildman–Crippen LogP) is 4.73. The van der Waals surface area contributed by atoms with Crippen molar-refractivity contribution in [1.29, 1.82) is 0 Å². The number of aromatic hydroxyl groups is 2. The minimum absolute atomic E-state index is 0.0411. The molecule has 0 saturated carbocycles. The molecule has 0 aliphatic carbocycles. The summed E-state index contributed by atoms with van der Waals surface area (Å²) in [7, 11) is 1.44. The summed E-state index contributed by atoms with van der Waals surface area (Å²) < 4.78 is 5.07.